The predicted molar refractivity (Wildman–Crippen MR) is 77.2 cm³/mol. The van der Waals surface area contributed by atoms with E-state index in [4.69, 9.17) is 0 Å². The first kappa shape index (κ1) is 12.8. The lowest BCUT2D eigenvalue weighted by Crippen LogP contribution is -2.09. The summed E-state index contributed by atoms with van der Waals surface area (Å²) in [4.78, 5) is 8.62. The Labute approximate surface area is 111 Å². The fourth-order valence-corrected chi connectivity index (χ4v) is 2.34. The Bertz CT molecular complexity index is 470. The molecule has 2 heterocycles. The van der Waals surface area contributed by atoms with Crippen molar-refractivity contribution in [3.63, 3.8) is 0 Å². The van der Waals surface area contributed by atoms with Crippen LogP contribution in [0, 0.1) is 0 Å². The predicted octanol–water partition coefficient (Wildman–Crippen LogP) is 3.53. The van der Waals surface area contributed by atoms with E-state index in [0.717, 1.165) is 18.8 Å². The van der Waals surface area contributed by atoms with Gasteiger partial charge in [0.2, 0.25) is 5.95 Å². The van der Waals surface area contributed by atoms with Crippen molar-refractivity contribution in [3.8, 4) is 0 Å². The summed E-state index contributed by atoms with van der Waals surface area (Å²) in [6.45, 7) is 5.14. The minimum atomic E-state index is 0.255. The van der Waals surface area contributed by atoms with Crippen LogP contribution in [0.3, 0.4) is 0 Å². The van der Waals surface area contributed by atoms with Crippen molar-refractivity contribution in [2.75, 3.05) is 17.2 Å². The van der Waals surface area contributed by atoms with Gasteiger partial charge in [0.15, 0.2) is 0 Å². The summed E-state index contributed by atoms with van der Waals surface area (Å²) in [5.41, 5.74) is 1.28. The number of hydrogen-bond donors (Lipinski definition) is 2. The Morgan fingerprint density at radius 2 is 2.28 bits per heavy atom. The average Bonchev–Trinajstić information content (AvgIpc) is 2.91. The van der Waals surface area contributed by atoms with Gasteiger partial charge in [-0.2, -0.15) is 16.3 Å². The molecule has 0 saturated carbocycles. The number of nitrogens with zero attached hydrogens (tertiary/aromatic N) is 2. The molecule has 96 valence electrons. The van der Waals surface area contributed by atoms with Crippen LogP contribution in [0.4, 0.5) is 11.8 Å². The Morgan fingerprint density at radius 3 is 3.00 bits per heavy atom. The lowest BCUT2D eigenvalue weighted by atomic mass is 10.2. The fraction of sp³-hybridized carbons (Fsp3) is 0.385. The summed E-state index contributed by atoms with van der Waals surface area (Å²) in [5, 5.41) is 10.8. The molecule has 2 N–H and O–H groups in total. The van der Waals surface area contributed by atoms with E-state index in [-0.39, 0.29) is 6.04 Å². The number of thiophene rings is 1. The second-order valence-electron chi connectivity index (χ2n) is 4.11. The largest absolute Gasteiger partial charge is 0.363 e. The van der Waals surface area contributed by atoms with Gasteiger partial charge >= 0.3 is 0 Å². The maximum atomic E-state index is 4.43. The number of rotatable bonds is 6. The SMILES string of the molecule is CCCNc1nccc(NC(C)c2ccsc2)n1. The topological polar surface area (TPSA) is 49.8 Å². The van der Waals surface area contributed by atoms with Crippen LogP contribution < -0.4 is 10.6 Å². The van der Waals surface area contributed by atoms with E-state index in [0.29, 0.717) is 5.95 Å². The highest BCUT2D eigenvalue weighted by Crippen LogP contribution is 2.20. The molecule has 0 spiro atoms. The maximum absolute atomic E-state index is 4.43. The molecule has 0 aliphatic rings. The third-order valence-corrected chi connectivity index (χ3v) is 3.30. The second kappa shape index (κ2) is 6.35. The van der Waals surface area contributed by atoms with Crippen LogP contribution in [0.1, 0.15) is 31.9 Å². The van der Waals surface area contributed by atoms with Crippen LogP contribution in [0.2, 0.25) is 0 Å². The first-order valence-electron chi connectivity index (χ1n) is 6.15. The molecule has 0 radical (unpaired) electrons. The van der Waals surface area contributed by atoms with Gasteiger partial charge in [-0.25, -0.2) is 4.98 Å². The third kappa shape index (κ3) is 3.43. The molecule has 5 heteroatoms. The van der Waals surface area contributed by atoms with Gasteiger partial charge in [-0.3, -0.25) is 0 Å². The lowest BCUT2D eigenvalue weighted by molar-refractivity contribution is 0.874. The van der Waals surface area contributed by atoms with Crippen LogP contribution in [0.15, 0.2) is 29.1 Å². The van der Waals surface area contributed by atoms with E-state index in [2.05, 4.69) is 51.3 Å². The maximum Gasteiger partial charge on any atom is 0.224 e. The van der Waals surface area contributed by atoms with Gasteiger partial charge in [0.05, 0.1) is 6.04 Å². The molecule has 0 aromatic carbocycles. The summed E-state index contributed by atoms with van der Waals surface area (Å²) >= 11 is 1.71. The highest BCUT2D eigenvalue weighted by molar-refractivity contribution is 7.07. The lowest BCUT2D eigenvalue weighted by Gasteiger charge is -2.13. The van der Waals surface area contributed by atoms with Crippen molar-refractivity contribution >= 4 is 23.1 Å². The molecule has 0 bridgehead atoms. The van der Waals surface area contributed by atoms with E-state index in [1.54, 1.807) is 17.5 Å². The van der Waals surface area contributed by atoms with E-state index < -0.39 is 0 Å². The zero-order valence-electron chi connectivity index (χ0n) is 10.7. The van der Waals surface area contributed by atoms with Crippen molar-refractivity contribution in [1.29, 1.82) is 0 Å². The molecule has 4 nitrogen and oxygen atoms in total. The summed E-state index contributed by atoms with van der Waals surface area (Å²) in [6.07, 6.45) is 2.83. The Kier molecular flexibility index (Phi) is 4.52. The number of nitrogens with one attached hydrogen (secondary N) is 2. The fourth-order valence-electron chi connectivity index (χ4n) is 1.59. The summed E-state index contributed by atoms with van der Waals surface area (Å²) < 4.78 is 0. The second-order valence-corrected chi connectivity index (χ2v) is 4.90. The normalized spacial score (nSPS) is 12.1. The molecule has 2 rings (SSSR count). The van der Waals surface area contributed by atoms with Crippen LogP contribution in [-0.2, 0) is 0 Å². The smallest absolute Gasteiger partial charge is 0.224 e. The van der Waals surface area contributed by atoms with Gasteiger partial charge in [0, 0.05) is 12.7 Å². The first-order chi connectivity index (χ1) is 8.79. The minimum Gasteiger partial charge on any atom is -0.363 e. The Balaban J connectivity index is 2.00. The van der Waals surface area contributed by atoms with E-state index >= 15 is 0 Å². The number of anilines is 2. The minimum absolute atomic E-state index is 0.255. The molecule has 1 atom stereocenters. The molecule has 2 aromatic heterocycles. The van der Waals surface area contributed by atoms with Crippen LogP contribution >= 0.6 is 11.3 Å². The van der Waals surface area contributed by atoms with E-state index in [1.165, 1.54) is 5.56 Å². The van der Waals surface area contributed by atoms with E-state index in [1.807, 2.05) is 6.07 Å². The van der Waals surface area contributed by atoms with Gasteiger partial charge < -0.3 is 10.6 Å². The summed E-state index contributed by atoms with van der Waals surface area (Å²) in [5.74, 6) is 1.53. The zero-order valence-corrected chi connectivity index (χ0v) is 11.5. The van der Waals surface area contributed by atoms with Crippen LogP contribution in [-0.4, -0.2) is 16.5 Å². The Hall–Kier alpha value is -1.62. The van der Waals surface area contributed by atoms with Crippen molar-refractivity contribution < 1.29 is 0 Å². The van der Waals surface area contributed by atoms with Crippen LogP contribution in [0.5, 0.6) is 0 Å². The number of aromatic nitrogens is 2. The molecular formula is C13H18N4S. The summed E-state index contributed by atoms with van der Waals surface area (Å²) in [7, 11) is 0. The van der Waals surface area contributed by atoms with Gasteiger partial charge in [0.25, 0.3) is 0 Å². The Morgan fingerprint density at radius 1 is 1.39 bits per heavy atom. The molecule has 0 amide bonds. The molecular weight excluding hydrogens is 244 g/mol. The third-order valence-electron chi connectivity index (χ3n) is 2.60. The zero-order chi connectivity index (χ0) is 12.8. The highest BCUT2D eigenvalue weighted by Gasteiger charge is 2.06. The monoisotopic (exact) mass is 262 g/mol. The van der Waals surface area contributed by atoms with E-state index in [9.17, 15) is 0 Å². The van der Waals surface area contributed by atoms with Gasteiger partial charge in [-0.05, 0) is 41.8 Å². The van der Waals surface area contributed by atoms with Gasteiger partial charge in [0.1, 0.15) is 5.82 Å². The first-order valence-corrected chi connectivity index (χ1v) is 7.09. The molecule has 2 aromatic rings. The van der Waals surface area contributed by atoms with Crippen molar-refractivity contribution in [2.24, 2.45) is 0 Å². The number of hydrogen-bond acceptors (Lipinski definition) is 5. The van der Waals surface area contributed by atoms with Gasteiger partial charge in [-0.15, -0.1) is 0 Å². The van der Waals surface area contributed by atoms with Crippen LogP contribution in [0.25, 0.3) is 0 Å². The molecule has 0 aliphatic carbocycles. The molecule has 0 fully saturated rings. The quantitative estimate of drug-likeness (QED) is 0.836. The molecule has 0 saturated heterocycles. The molecule has 18 heavy (non-hydrogen) atoms. The molecule has 1 unspecified atom stereocenters. The summed E-state index contributed by atoms with van der Waals surface area (Å²) in [6, 6.07) is 4.27. The standard InChI is InChI=1S/C13H18N4S/c1-3-6-14-13-15-7-4-12(17-13)16-10(2)11-5-8-18-9-11/h4-5,7-10H,3,6H2,1-2H3,(H2,14,15,16,17). The average molecular weight is 262 g/mol. The van der Waals surface area contributed by atoms with Crippen molar-refractivity contribution in [3.05, 3.63) is 34.7 Å². The van der Waals surface area contributed by atoms with Crippen molar-refractivity contribution in [2.45, 2.75) is 26.3 Å². The highest BCUT2D eigenvalue weighted by atomic mass is 32.1. The van der Waals surface area contributed by atoms with Crippen molar-refractivity contribution in [1.82, 2.24) is 9.97 Å². The van der Waals surface area contributed by atoms with Gasteiger partial charge in [-0.1, -0.05) is 6.92 Å². The molecule has 0 aliphatic heterocycles.